The van der Waals surface area contributed by atoms with E-state index < -0.39 is 11.6 Å². The van der Waals surface area contributed by atoms with Crippen molar-refractivity contribution in [2.45, 2.75) is 12.8 Å². The minimum atomic E-state index is -0.726. The molecule has 0 unspecified atom stereocenters. The first-order valence-corrected chi connectivity index (χ1v) is 7.36. The van der Waals surface area contributed by atoms with E-state index >= 15 is 0 Å². The second-order valence-corrected chi connectivity index (χ2v) is 5.61. The van der Waals surface area contributed by atoms with Crippen LogP contribution in [0.25, 0.3) is 0 Å². The summed E-state index contributed by atoms with van der Waals surface area (Å²) >= 11 is 1.56. The largest absolute Gasteiger partial charge is 0.290 e. The van der Waals surface area contributed by atoms with Crippen molar-refractivity contribution in [3.8, 4) is 0 Å². The first-order chi connectivity index (χ1) is 10.7. The van der Waals surface area contributed by atoms with Gasteiger partial charge in [0.25, 0.3) is 5.78 Å². The van der Waals surface area contributed by atoms with Gasteiger partial charge in [0.2, 0.25) is 11.6 Å². The molecule has 3 aromatic heterocycles. The van der Waals surface area contributed by atoms with Gasteiger partial charge in [-0.1, -0.05) is 0 Å². The van der Waals surface area contributed by atoms with Crippen molar-refractivity contribution < 1.29 is 9.59 Å². The number of H-pyrrole nitrogens is 1. The van der Waals surface area contributed by atoms with Crippen LogP contribution in [0.2, 0.25) is 0 Å². The van der Waals surface area contributed by atoms with Gasteiger partial charge in [-0.2, -0.15) is 5.21 Å². The molecule has 22 heavy (non-hydrogen) atoms. The van der Waals surface area contributed by atoms with Crippen LogP contribution in [0.15, 0.2) is 36.0 Å². The van der Waals surface area contributed by atoms with E-state index in [2.05, 4.69) is 25.6 Å². The number of hydrogen-bond acceptors (Lipinski definition) is 7. The number of hydrogen-bond donors (Lipinski definition) is 1. The zero-order valence-corrected chi connectivity index (χ0v) is 12.2. The normalized spacial score (nSPS) is 10.5. The number of aromatic amines is 1. The van der Waals surface area contributed by atoms with Crippen molar-refractivity contribution in [3.63, 3.8) is 0 Å². The predicted octanol–water partition coefficient (Wildman–Crippen LogP) is 1.24. The molecule has 0 aromatic carbocycles. The van der Waals surface area contributed by atoms with Crippen LogP contribution in [-0.4, -0.2) is 37.2 Å². The highest BCUT2D eigenvalue weighted by Crippen LogP contribution is 2.19. The van der Waals surface area contributed by atoms with Crippen molar-refractivity contribution in [1.82, 2.24) is 25.6 Å². The molecule has 0 spiro atoms. The summed E-state index contributed by atoms with van der Waals surface area (Å²) in [6, 6.07) is 5.83. The molecule has 3 rings (SSSR count). The van der Waals surface area contributed by atoms with Gasteiger partial charge in [-0.15, -0.1) is 21.5 Å². The number of Topliss-reactive ketones (excluding diaryl/α,β-unsaturated/α-hetero) is 2. The van der Waals surface area contributed by atoms with E-state index in [4.69, 9.17) is 0 Å². The summed E-state index contributed by atoms with van der Waals surface area (Å²) in [4.78, 5) is 28.8. The van der Waals surface area contributed by atoms with Gasteiger partial charge in [0, 0.05) is 30.1 Å². The Morgan fingerprint density at radius 3 is 2.73 bits per heavy atom. The van der Waals surface area contributed by atoms with E-state index in [1.165, 1.54) is 0 Å². The highest BCUT2D eigenvalue weighted by molar-refractivity contribution is 7.10. The van der Waals surface area contributed by atoms with Crippen molar-refractivity contribution in [2.24, 2.45) is 0 Å². The number of carbonyl (C=O) groups is 2. The summed E-state index contributed by atoms with van der Waals surface area (Å²) in [6.07, 6.45) is 4.31. The molecule has 0 aliphatic heterocycles. The van der Waals surface area contributed by atoms with Gasteiger partial charge in [0.05, 0.1) is 0 Å². The number of carbonyl (C=O) groups excluding carboxylic acids is 2. The molecule has 0 aliphatic carbocycles. The van der Waals surface area contributed by atoms with Gasteiger partial charge >= 0.3 is 0 Å². The van der Waals surface area contributed by atoms with Crippen molar-refractivity contribution in [3.05, 3.63) is 57.8 Å². The van der Waals surface area contributed by atoms with E-state index in [1.54, 1.807) is 23.7 Å². The molecular formula is C14H11N5O2S. The van der Waals surface area contributed by atoms with Crippen LogP contribution in [0.3, 0.4) is 0 Å². The average molecular weight is 313 g/mol. The first-order valence-electron chi connectivity index (χ1n) is 6.48. The van der Waals surface area contributed by atoms with E-state index in [-0.39, 0.29) is 12.2 Å². The third kappa shape index (κ3) is 3.29. The van der Waals surface area contributed by atoms with Crippen LogP contribution in [0.4, 0.5) is 0 Å². The van der Waals surface area contributed by atoms with Crippen molar-refractivity contribution >= 4 is 22.9 Å². The smallest absolute Gasteiger partial charge is 0.269 e. The summed E-state index contributed by atoms with van der Waals surface area (Å²) in [6.45, 7) is 0. The fourth-order valence-electron chi connectivity index (χ4n) is 1.96. The third-order valence-electron chi connectivity index (χ3n) is 3.00. The summed E-state index contributed by atoms with van der Waals surface area (Å²) in [5.41, 5.74) is 1.97. The zero-order valence-electron chi connectivity index (χ0n) is 11.4. The second-order valence-electron chi connectivity index (χ2n) is 4.62. The number of rotatable bonds is 6. The number of ketones is 2. The molecule has 1 N–H and O–H groups in total. The Labute approximate surface area is 129 Å². The highest BCUT2D eigenvalue weighted by atomic mass is 32.1. The predicted molar refractivity (Wildman–Crippen MR) is 78.6 cm³/mol. The molecule has 0 saturated carbocycles. The molecule has 8 heteroatoms. The summed E-state index contributed by atoms with van der Waals surface area (Å²) in [5.74, 6) is -1.47. The molecule has 0 aliphatic rings. The van der Waals surface area contributed by atoms with Crippen LogP contribution in [0.5, 0.6) is 0 Å². The minimum absolute atomic E-state index is 0.0419. The topological polar surface area (TPSA) is 101 Å². The first kappa shape index (κ1) is 14.2. The number of pyridine rings is 1. The quantitative estimate of drug-likeness (QED) is 0.542. The van der Waals surface area contributed by atoms with Crippen LogP contribution in [-0.2, 0) is 17.6 Å². The summed E-state index contributed by atoms with van der Waals surface area (Å²) < 4.78 is 0. The Morgan fingerprint density at radius 1 is 1.18 bits per heavy atom. The van der Waals surface area contributed by atoms with Gasteiger partial charge < -0.3 is 0 Å². The molecule has 0 fully saturated rings. The third-order valence-corrected chi connectivity index (χ3v) is 3.99. The van der Waals surface area contributed by atoms with E-state index in [0.29, 0.717) is 0 Å². The second kappa shape index (κ2) is 6.35. The molecule has 3 aromatic rings. The Hall–Kier alpha value is -2.74. The Morgan fingerprint density at radius 2 is 2.00 bits per heavy atom. The standard InChI is InChI=1S/C14H11N5O2S/c20-12(13(21)14-16-18-19-17-14)7-10-6-11(22-8-10)5-9-1-3-15-4-2-9/h1-4,6,8H,5,7H2,(H,16,17,18,19). The molecule has 110 valence electrons. The zero-order chi connectivity index (χ0) is 15.4. The van der Waals surface area contributed by atoms with Crippen LogP contribution < -0.4 is 0 Å². The lowest BCUT2D eigenvalue weighted by Gasteiger charge is -1.97. The van der Waals surface area contributed by atoms with Crippen LogP contribution in [0.1, 0.15) is 26.6 Å². The van der Waals surface area contributed by atoms with Gasteiger partial charge in [0.1, 0.15) is 0 Å². The molecule has 7 nitrogen and oxygen atoms in total. The molecular weight excluding hydrogens is 302 g/mol. The molecule has 0 radical (unpaired) electrons. The maximum absolute atomic E-state index is 11.9. The Bertz CT molecular complexity index is 783. The van der Waals surface area contributed by atoms with E-state index in [9.17, 15) is 9.59 Å². The van der Waals surface area contributed by atoms with Gasteiger partial charge in [-0.05, 0) is 39.9 Å². The van der Waals surface area contributed by atoms with Gasteiger partial charge in [-0.25, -0.2) is 0 Å². The van der Waals surface area contributed by atoms with Crippen molar-refractivity contribution in [2.75, 3.05) is 0 Å². The number of tetrazole rings is 1. The van der Waals surface area contributed by atoms with Gasteiger partial charge in [-0.3, -0.25) is 14.6 Å². The molecule has 0 atom stereocenters. The monoisotopic (exact) mass is 313 g/mol. The maximum Gasteiger partial charge on any atom is 0.269 e. The Balaban J connectivity index is 1.64. The van der Waals surface area contributed by atoms with E-state index in [1.807, 2.05) is 23.6 Å². The summed E-state index contributed by atoms with van der Waals surface area (Å²) in [5, 5.41) is 14.4. The fourth-order valence-corrected chi connectivity index (χ4v) is 2.89. The summed E-state index contributed by atoms with van der Waals surface area (Å²) in [7, 11) is 0. The molecule has 0 amide bonds. The lowest BCUT2D eigenvalue weighted by atomic mass is 10.1. The molecule has 0 saturated heterocycles. The SMILES string of the molecule is O=C(Cc1csc(Cc2ccncc2)c1)C(=O)c1nn[nH]n1. The molecule has 0 bridgehead atoms. The minimum Gasteiger partial charge on any atom is -0.290 e. The van der Waals surface area contributed by atoms with Crippen molar-refractivity contribution in [1.29, 1.82) is 0 Å². The Kier molecular flexibility index (Phi) is 4.10. The lowest BCUT2D eigenvalue weighted by molar-refractivity contribution is -0.114. The maximum atomic E-state index is 11.9. The van der Waals surface area contributed by atoms with Crippen LogP contribution >= 0.6 is 11.3 Å². The number of aromatic nitrogens is 5. The number of thiophene rings is 1. The van der Waals surface area contributed by atoms with Gasteiger partial charge in [0.15, 0.2) is 0 Å². The number of nitrogens with zero attached hydrogens (tertiary/aromatic N) is 4. The fraction of sp³-hybridized carbons (Fsp3) is 0.143. The van der Waals surface area contributed by atoms with Crippen LogP contribution in [0, 0.1) is 0 Å². The number of nitrogens with one attached hydrogen (secondary N) is 1. The molecule has 3 heterocycles. The van der Waals surface area contributed by atoms with E-state index in [0.717, 1.165) is 22.4 Å². The average Bonchev–Trinajstić information content (AvgIpc) is 3.19. The lowest BCUT2D eigenvalue weighted by Crippen LogP contribution is -2.17. The highest BCUT2D eigenvalue weighted by Gasteiger charge is 2.21.